The number of carboxylic acids is 1. The average Bonchev–Trinajstić information content (AvgIpc) is 2.49. The second-order valence-corrected chi connectivity index (χ2v) is 3.65. The number of hydrogen-bond donors (Lipinski definition) is 2. The molecule has 0 radical (unpaired) electrons. The monoisotopic (exact) mass is 237 g/mol. The summed E-state index contributed by atoms with van der Waals surface area (Å²) in [6.07, 6.45) is -1.04. The molecule has 0 unspecified atom stereocenters. The first-order valence-corrected chi connectivity index (χ1v) is 5.05. The van der Waals surface area contributed by atoms with Gasteiger partial charge < -0.3 is 19.8 Å². The normalized spacial score (nSPS) is 14.5. The fourth-order valence-electron chi connectivity index (χ4n) is 1.75. The highest BCUT2D eigenvalue weighted by Gasteiger charge is 2.22. The third-order valence-electron chi connectivity index (χ3n) is 2.57. The van der Waals surface area contributed by atoms with Gasteiger partial charge in [-0.05, 0) is 6.07 Å². The van der Waals surface area contributed by atoms with Crippen LogP contribution in [0.4, 0.5) is 4.79 Å². The van der Waals surface area contributed by atoms with Crippen LogP contribution in [0.1, 0.15) is 15.9 Å². The summed E-state index contributed by atoms with van der Waals surface area (Å²) in [5.41, 5.74) is 0.638. The molecule has 0 atom stereocenters. The van der Waals surface area contributed by atoms with Crippen molar-refractivity contribution in [1.29, 1.82) is 0 Å². The molecule has 1 heterocycles. The van der Waals surface area contributed by atoms with Crippen molar-refractivity contribution >= 4 is 12.1 Å². The molecule has 6 heteroatoms. The molecular weight excluding hydrogens is 226 g/mol. The number of carboxylic acid groups (broad SMARTS) is 2. The molecule has 2 N–H and O–H groups in total. The van der Waals surface area contributed by atoms with E-state index in [4.69, 9.17) is 14.9 Å². The fraction of sp³-hybridized carbons (Fsp3) is 0.273. The summed E-state index contributed by atoms with van der Waals surface area (Å²) in [7, 11) is 0. The third kappa shape index (κ3) is 2.15. The SMILES string of the molecule is O=C(O)c1cccc2c1OCCN(C(=O)O)C2. The lowest BCUT2D eigenvalue weighted by Crippen LogP contribution is -2.30. The first-order chi connectivity index (χ1) is 8.09. The maximum Gasteiger partial charge on any atom is 0.407 e. The van der Waals surface area contributed by atoms with Crippen LogP contribution in [-0.2, 0) is 6.54 Å². The minimum absolute atomic E-state index is 0.0646. The van der Waals surface area contributed by atoms with Crippen LogP contribution in [0.15, 0.2) is 18.2 Å². The topological polar surface area (TPSA) is 87.1 Å². The highest BCUT2D eigenvalue weighted by atomic mass is 16.5. The molecule has 0 saturated carbocycles. The summed E-state index contributed by atoms with van der Waals surface area (Å²) < 4.78 is 5.34. The lowest BCUT2D eigenvalue weighted by molar-refractivity contribution is 0.0691. The second kappa shape index (κ2) is 4.32. The first-order valence-electron chi connectivity index (χ1n) is 5.05. The van der Waals surface area contributed by atoms with Crippen LogP contribution in [0, 0.1) is 0 Å². The largest absolute Gasteiger partial charge is 0.490 e. The number of ether oxygens (including phenoxy) is 1. The molecule has 1 aliphatic heterocycles. The summed E-state index contributed by atoms with van der Waals surface area (Å²) in [6.45, 7) is 0.526. The molecule has 17 heavy (non-hydrogen) atoms. The Morgan fingerprint density at radius 3 is 2.71 bits per heavy atom. The van der Waals surface area contributed by atoms with E-state index >= 15 is 0 Å². The number of fused-ring (bicyclic) bond motifs is 1. The van der Waals surface area contributed by atoms with Crippen molar-refractivity contribution in [3.8, 4) is 5.75 Å². The standard InChI is InChI=1S/C11H11NO5/c13-10(14)8-3-1-2-7-6-12(11(15)16)4-5-17-9(7)8/h1-3H,4-6H2,(H,13,14)(H,15,16). The van der Waals surface area contributed by atoms with Crippen molar-refractivity contribution in [3.05, 3.63) is 29.3 Å². The van der Waals surface area contributed by atoms with Gasteiger partial charge in [-0.25, -0.2) is 9.59 Å². The number of rotatable bonds is 1. The van der Waals surface area contributed by atoms with Gasteiger partial charge >= 0.3 is 12.1 Å². The molecule has 1 aliphatic rings. The summed E-state index contributed by atoms with van der Waals surface area (Å²) in [6, 6.07) is 4.69. The average molecular weight is 237 g/mol. The number of nitrogens with zero attached hydrogens (tertiary/aromatic N) is 1. The van der Waals surface area contributed by atoms with Crippen LogP contribution in [-0.4, -0.2) is 40.3 Å². The number of carbonyl (C=O) groups is 2. The van der Waals surface area contributed by atoms with Crippen molar-refractivity contribution in [3.63, 3.8) is 0 Å². The van der Waals surface area contributed by atoms with Crippen LogP contribution >= 0.6 is 0 Å². The van der Waals surface area contributed by atoms with Crippen LogP contribution < -0.4 is 4.74 Å². The number of hydrogen-bond acceptors (Lipinski definition) is 3. The Morgan fingerprint density at radius 1 is 1.29 bits per heavy atom. The van der Waals surface area contributed by atoms with E-state index in [-0.39, 0.29) is 31.0 Å². The van der Waals surface area contributed by atoms with E-state index in [9.17, 15) is 9.59 Å². The van der Waals surface area contributed by atoms with Gasteiger partial charge in [-0.15, -0.1) is 0 Å². The zero-order valence-electron chi connectivity index (χ0n) is 8.92. The summed E-state index contributed by atoms with van der Waals surface area (Å²) in [4.78, 5) is 23.1. The summed E-state index contributed by atoms with van der Waals surface area (Å²) in [5.74, 6) is -0.811. The smallest absolute Gasteiger partial charge is 0.407 e. The zero-order chi connectivity index (χ0) is 12.4. The van der Waals surface area contributed by atoms with Crippen molar-refractivity contribution in [2.45, 2.75) is 6.54 Å². The number of amides is 1. The van der Waals surface area contributed by atoms with Gasteiger partial charge in [0.25, 0.3) is 0 Å². The Hall–Kier alpha value is -2.24. The zero-order valence-corrected chi connectivity index (χ0v) is 8.92. The minimum atomic E-state index is -1.08. The van der Waals surface area contributed by atoms with E-state index in [1.54, 1.807) is 12.1 Å². The predicted octanol–water partition coefficient (Wildman–Crippen LogP) is 1.26. The van der Waals surface area contributed by atoms with Crippen molar-refractivity contribution < 1.29 is 24.5 Å². The van der Waals surface area contributed by atoms with Crippen molar-refractivity contribution in [1.82, 2.24) is 4.90 Å². The predicted molar refractivity (Wildman–Crippen MR) is 57.3 cm³/mol. The van der Waals surface area contributed by atoms with Gasteiger partial charge in [0.05, 0.1) is 13.1 Å². The highest BCUT2D eigenvalue weighted by molar-refractivity contribution is 5.91. The van der Waals surface area contributed by atoms with E-state index < -0.39 is 12.1 Å². The van der Waals surface area contributed by atoms with Gasteiger partial charge in [-0.3, -0.25) is 0 Å². The molecule has 0 aromatic heterocycles. The lowest BCUT2D eigenvalue weighted by Gasteiger charge is -2.14. The molecule has 1 aromatic carbocycles. The van der Waals surface area contributed by atoms with Crippen LogP contribution in [0.25, 0.3) is 0 Å². The summed E-state index contributed by atoms with van der Waals surface area (Å²) >= 11 is 0. The van der Waals surface area contributed by atoms with E-state index in [1.807, 2.05) is 0 Å². The number of para-hydroxylation sites is 1. The Labute approximate surface area is 97.0 Å². The maximum atomic E-state index is 11.0. The Balaban J connectivity index is 2.41. The first kappa shape index (κ1) is 11.3. The maximum absolute atomic E-state index is 11.0. The highest BCUT2D eigenvalue weighted by Crippen LogP contribution is 2.27. The van der Waals surface area contributed by atoms with E-state index in [2.05, 4.69) is 0 Å². The van der Waals surface area contributed by atoms with Gasteiger partial charge in [-0.1, -0.05) is 12.1 Å². The van der Waals surface area contributed by atoms with Crippen molar-refractivity contribution in [2.75, 3.05) is 13.2 Å². The van der Waals surface area contributed by atoms with Gasteiger partial charge in [-0.2, -0.15) is 0 Å². The molecule has 0 saturated heterocycles. The molecule has 0 fully saturated rings. The molecule has 2 rings (SSSR count). The molecule has 6 nitrogen and oxygen atoms in total. The molecular formula is C11H11NO5. The Kier molecular flexibility index (Phi) is 2.86. The van der Waals surface area contributed by atoms with E-state index in [0.717, 1.165) is 0 Å². The molecule has 90 valence electrons. The molecule has 0 bridgehead atoms. The summed E-state index contributed by atoms with van der Waals surface area (Å²) in [5, 5.41) is 17.9. The van der Waals surface area contributed by atoms with Crippen LogP contribution in [0.5, 0.6) is 5.75 Å². The van der Waals surface area contributed by atoms with Gasteiger partial charge in [0, 0.05) is 5.56 Å². The molecule has 0 aliphatic carbocycles. The van der Waals surface area contributed by atoms with Gasteiger partial charge in [0.1, 0.15) is 17.9 Å². The van der Waals surface area contributed by atoms with Crippen LogP contribution in [0.2, 0.25) is 0 Å². The lowest BCUT2D eigenvalue weighted by atomic mass is 10.1. The Bertz CT molecular complexity index is 471. The molecule has 1 aromatic rings. The third-order valence-corrected chi connectivity index (χ3v) is 2.57. The quantitative estimate of drug-likeness (QED) is 0.767. The second-order valence-electron chi connectivity index (χ2n) is 3.65. The number of benzene rings is 1. The fourth-order valence-corrected chi connectivity index (χ4v) is 1.75. The van der Waals surface area contributed by atoms with Crippen LogP contribution in [0.3, 0.4) is 0 Å². The van der Waals surface area contributed by atoms with E-state index in [1.165, 1.54) is 11.0 Å². The van der Waals surface area contributed by atoms with Crippen molar-refractivity contribution in [2.24, 2.45) is 0 Å². The Morgan fingerprint density at radius 2 is 2.06 bits per heavy atom. The molecule has 1 amide bonds. The van der Waals surface area contributed by atoms with Gasteiger partial charge in [0.2, 0.25) is 0 Å². The number of aromatic carboxylic acids is 1. The van der Waals surface area contributed by atoms with E-state index in [0.29, 0.717) is 5.56 Å². The van der Waals surface area contributed by atoms with Gasteiger partial charge in [0.15, 0.2) is 0 Å². The minimum Gasteiger partial charge on any atom is -0.490 e. The molecule has 0 spiro atoms.